The van der Waals surface area contributed by atoms with Crippen LogP contribution in [0.2, 0.25) is 10.0 Å². The van der Waals surface area contributed by atoms with E-state index in [0.717, 1.165) is 10.4 Å². The Morgan fingerprint density at radius 1 is 0.840 bits per heavy atom. The number of hydrogen-bond donors (Lipinski definition) is 0. The fraction of sp³-hybridized carbons (Fsp3) is 0. The molecule has 0 saturated carbocycles. The van der Waals surface area contributed by atoms with Crippen molar-refractivity contribution in [2.45, 2.75) is 0 Å². The molecule has 25 heavy (non-hydrogen) atoms. The Balaban J connectivity index is 1.80. The molecule has 6 heteroatoms. The first kappa shape index (κ1) is 15.8. The third-order valence-corrected chi connectivity index (χ3v) is 4.88. The second-order valence-electron chi connectivity index (χ2n) is 5.52. The predicted octanol–water partition coefficient (Wildman–Crippen LogP) is 4.78. The van der Waals surface area contributed by atoms with E-state index in [2.05, 4.69) is 5.10 Å². The molecule has 2 amide bonds. The number of imide groups is 1. The van der Waals surface area contributed by atoms with Gasteiger partial charge in [0.15, 0.2) is 0 Å². The number of carbonyl (C=O) groups excluding carboxylic acids is 2. The number of halogens is 2. The lowest BCUT2D eigenvalue weighted by Crippen LogP contribution is -2.36. The second-order valence-corrected chi connectivity index (χ2v) is 6.30. The zero-order chi connectivity index (χ0) is 17.6. The van der Waals surface area contributed by atoms with Gasteiger partial charge in [-0.25, -0.2) is 0 Å². The van der Waals surface area contributed by atoms with Crippen LogP contribution in [0.1, 0.15) is 26.3 Å². The molecule has 1 heterocycles. The van der Waals surface area contributed by atoms with Crippen molar-refractivity contribution in [2.75, 3.05) is 0 Å². The van der Waals surface area contributed by atoms with Gasteiger partial charge in [-0.05, 0) is 23.6 Å². The molecule has 0 N–H and O–H groups in total. The largest absolute Gasteiger partial charge is 0.282 e. The molecule has 0 aliphatic carbocycles. The summed E-state index contributed by atoms with van der Waals surface area (Å²) in [6.45, 7) is 0. The van der Waals surface area contributed by atoms with Gasteiger partial charge in [0.1, 0.15) is 0 Å². The van der Waals surface area contributed by atoms with Gasteiger partial charge in [0, 0.05) is 10.9 Å². The minimum absolute atomic E-state index is 0.312. The van der Waals surface area contributed by atoms with Gasteiger partial charge in [-0.1, -0.05) is 59.6 Å². The van der Waals surface area contributed by atoms with Crippen LogP contribution in [-0.4, -0.2) is 23.0 Å². The van der Waals surface area contributed by atoms with Gasteiger partial charge in [-0.15, -0.1) is 0 Å². The van der Waals surface area contributed by atoms with Crippen molar-refractivity contribution >= 4 is 52.0 Å². The highest BCUT2D eigenvalue weighted by atomic mass is 35.5. The number of hydrogen-bond acceptors (Lipinski definition) is 3. The summed E-state index contributed by atoms with van der Waals surface area (Å²) in [5.74, 6) is -0.938. The summed E-state index contributed by atoms with van der Waals surface area (Å²) < 4.78 is 0. The van der Waals surface area contributed by atoms with Crippen LogP contribution in [0.3, 0.4) is 0 Å². The van der Waals surface area contributed by atoms with Crippen LogP contribution in [0.25, 0.3) is 10.8 Å². The molecular formula is C19H10Cl2N2O2. The third kappa shape index (κ3) is 2.51. The molecule has 0 radical (unpaired) electrons. The van der Waals surface area contributed by atoms with Gasteiger partial charge >= 0.3 is 0 Å². The molecule has 122 valence electrons. The van der Waals surface area contributed by atoms with Crippen LogP contribution in [-0.2, 0) is 0 Å². The molecule has 4 rings (SSSR count). The van der Waals surface area contributed by atoms with Crippen molar-refractivity contribution in [1.29, 1.82) is 0 Å². The van der Waals surface area contributed by atoms with E-state index in [1.54, 1.807) is 42.5 Å². The maximum absolute atomic E-state index is 12.7. The number of amides is 2. The zero-order valence-electron chi connectivity index (χ0n) is 12.7. The van der Waals surface area contributed by atoms with Crippen molar-refractivity contribution in [2.24, 2.45) is 5.10 Å². The highest BCUT2D eigenvalue weighted by Gasteiger charge is 2.32. The van der Waals surface area contributed by atoms with E-state index in [9.17, 15) is 9.59 Å². The van der Waals surface area contributed by atoms with Gasteiger partial charge in [-0.2, -0.15) is 10.1 Å². The van der Waals surface area contributed by atoms with Crippen LogP contribution >= 0.6 is 23.2 Å². The summed E-state index contributed by atoms with van der Waals surface area (Å²) in [5.41, 5.74) is 1.41. The fourth-order valence-corrected chi connectivity index (χ4v) is 3.22. The molecule has 0 spiro atoms. The lowest BCUT2D eigenvalue weighted by atomic mass is 9.95. The van der Waals surface area contributed by atoms with Crippen molar-refractivity contribution in [1.82, 2.24) is 5.01 Å². The Labute approximate surface area is 153 Å². The van der Waals surface area contributed by atoms with E-state index in [1.165, 1.54) is 6.21 Å². The average Bonchev–Trinajstić information content (AvgIpc) is 2.62. The van der Waals surface area contributed by atoms with Gasteiger partial charge in [0.25, 0.3) is 11.8 Å². The third-order valence-electron chi connectivity index (χ3n) is 4.04. The molecule has 0 fully saturated rings. The molecular weight excluding hydrogens is 359 g/mol. The number of carbonyl (C=O) groups is 2. The molecule has 1 aliphatic rings. The van der Waals surface area contributed by atoms with Gasteiger partial charge in [-0.3, -0.25) is 9.59 Å². The van der Waals surface area contributed by atoms with Crippen molar-refractivity contribution in [3.05, 3.63) is 81.3 Å². The monoisotopic (exact) mass is 368 g/mol. The van der Waals surface area contributed by atoms with Crippen LogP contribution in [0.4, 0.5) is 0 Å². The lowest BCUT2D eigenvalue weighted by Gasteiger charge is -2.23. The summed E-state index contributed by atoms with van der Waals surface area (Å²) in [5, 5.41) is 7.11. The summed E-state index contributed by atoms with van der Waals surface area (Å²) in [6.07, 6.45) is 1.36. The van der Waals surface area contributed by atoms with E-state index in [0.29, 0.717) is 32.1 Å². The Morgan fingerprint density at radius 2 is 1.44 bits per heavy atom. The number of hydrazone groups is 1. The van der Waals surface area contributed by atoms with Gasteiger partial charge in [0.2, 0.25) is 0 Å². The minimum Gasteiger partial charge on any atom is -0.267 e. The first-order valence-electron chi connectivity index (χ1n) is 7.46. The molecule has 0 atom stereocenters. The first-order valence-corrected chi connectivity index (χ1v) is 8.22. The molecule has 0 aromatic heterocycles. The Morgan fingerprint density at radius 3 is 2.08 bits per heavy atom. The molecule has 3 aromatic rings. The number of nitrogens with zero attached hydrogens (tertiary/aromatic N) is 2. The zero-order valence-corrected chi connectivity index (χ0v) is 14.3. The maximum atomic E-state index is 12.7. The molecule has 0 bridgehead atoms. The first-order chi connectivity index (χ1) is 12.1. The summed E-state index contributed by atoms with van der Waals surface area (Å²) in [4.78, 5) is 25.4. The Bertz CT molecular complexity index is 1030. The van der Waals surface area contributed by atoms with E-state index < -0.39 is 11.8 Å². The normalized spacial score (nSPS) is 13.9. The topological polar surface area (TPSA) is 49.7 Å². The lowest BCUT2D eigenvalue weighted by molar-refractivity contribution is 0.0616. The Kier molecular flexibility index (Phi) is 3.79. The molecule has 0 unspecified atom stereocenters. The van der Waals surface area contributed by atoms with Crippen molar-refractivity contribution in [3.63, 3.8) is 0 Å². The van der Waals surface area contributed by atoms with E-state index in [-0.39, 0.29) is 0 Å². The van der Waals surface area contributed by atoms with E-state index in [1.807, 2.05) is 12.1 Å². The van der Waals surface area contributed by atoms with Crippen LogP contribution in [0.5, 0.6) is 0 Å². The van der Waals surface area contributed by atoms with Crippen molar-refractivity contribution in [3.8, 4) is 0 Å². The van der Waals surface area contributed by atoms with Gasteiger partial charge < -0.3 is 0 Å². The molecule has 1 aliphatic heterocycles. The summed E-state index contributed by atoms with van der Waals surface area (Å²) >= 11 is 12.1. The summed E-state index contributed by atoms with van der Waals surface area (Å²) in [7, 11) is 0. The van der Waals surface area contributed by atoms with Crippen molar-refractivity contribution < 1.29 is 9.59 Å². The predicted molar refractivity (Wildman–Crippen MR) is 98.5 cm³/mol. The molecule has 4 nitrogen and oxygen atoms in total. The SMILES string of the molecule is O=C1c2cccc3cccc(c23)C(=O)N1/N=C\c1cccc(Cl)c1Cl. The number of rotatable bonds is 2. The highest BCUT2D eigenvalue weighted by Crippen LogP contribution is 2.30. The molecule has 3 aromatic carbocycles. The standard InChI is InChI=1S/C19H10Cl2N2O2/c20-15-9-3-6-12(17(15)21)10-22-23-18(24)13-7-1-4-11-5-2-8-14(16(11)13)19(23)25/h1-10H/b22-10-. The van der Waals surface area contributed by atoms with Crippen LogP contribution in [0.15, 0.2) is 59.7 Å². The fourth-order valence-electron chi connectivity index (χ4n) is 2.86. The smallest absolute Gasteiger partial charge is 0.267 e. The molecule has 0 saturated heterocycles. The average molecular weight is 369 g/mol. The van der Waals surface area contributed by atoms with Crippen LogP contribution in [0, 0.1) is 0 Å². The highest BCUT2D eigenvalue weighted by molar-refractivity contribution is 6.43. The van der Waals surface area contributed by atoms with Crippen LogP contribution < -0.4 is 0 Å². The number of benzene rings is 3. The maximum Gasteiger partial charge on any atom is 0.282 e. The van der Waals surface area contributed by atoms with E-state index in [4.69, 9.17) is 23.2 Å². The second kappa shape index (κ2) is 5.99. The summed E-state index contributed by atoms with van der Waals surface area (Å²) in [6, 6.07) is 15.7. The minimum atomic E-state index is -0.469. The van der Waals surface area contributed by atoms with Gasteiger partial charge in [0.05, 0.1) is 27.4 Å². The quantitative estimate of drug-likeness (QED) is 0.482. The Hall–Kier alpha value is -2.69. The van der Waals surface area contributed by atoms with E-state index >= 15 is 0 Å².